The Bertz CT molecular complexity index is 1300. The van der Waals surface area contributed by atoms with Crippen LogP contribution in [0, 0.1) is 0 Å². The summed E-state index contributed by atoms with van der Waals surface area (Å²) in [4.78, 5) is 0. The molecule has 2 N–H and O–H groups in total. The molecule has 0 aliphatic heterocycles. The third-order valence-corrected chi connectivity index (χ3v) is 8.27. The molecule has 0 heterocycles. The van der Waals surface area contributed by atoms with Crippen LogP contribution in [0.3, 0.4) is 0 Å². The number of hydrogen-bond acceptors (Lipinski definition) is 4. The fourth-order valence-corrected chi connectivity index (χ4v) is 5.83. The Labute approximate surface area is 239 Å². The molecule has 4 heteroatoms. The lowest BCUT2D eigenvalue weighted by atomic mass is 9.75. The van der Waals surface area contributed by atoms with Gasteiger partial charge in [-0.1, -0.05) is 62.4 Å². The van der Waals surface area contributed by atoms with Crippen molar-refractivity contribution in [2.75, 3.05) is 14.2 Å². The van der Waals surface area contributed by atoms with E-state index in [4.69, 9.17) is 9.47 Å². The van der Waals surface area contributed by atoms with Gasteiger partial charge in [0, 0.05) is 0 Å². The quantitative estimate of drug-likeness (QED) is 0.178. The fourth-order valence-electron chi connectivity index (χ4n) is 5.83. The van der Waals surface area contributed by atoms with Crippen LogP contribution in [0.25, 0.3) is 0 Å². The van der Waals surface area contributed by atoms with Crippen molar-refractivity contribution < 1.29 is 19.7 Å². The van der Waals surface area contributed by atoms with E-state index in [9.17, 15) is 10.2 Å². The maximum absolute atomic E-state index is 10.0. The topological polar surface area (TPSA) is 58.9 Å². The summed E-state index contributed by atoms with van der Waals surface area (Å²) in [5.74, 6) is 3.63. The van der Waals surface area contributed by atoms with E-state index >= 15 is 0 Å². The minimum absolute atomic E-state index is 0.288. The van der Waals surface area contributed by atoms with Crippen LogP contribution < -0.4 is 9.47 Å². The first kappa shape index (κ1) is 29.1. The van der Waals surface area contributed by atoms with Crippen LogP contribution in [0.2, 0.25) is 0 Å². The number of benzene rings is 4. The Balaban J connectivity index is 1.66. The summed E-state index contributed by atoms with van der Waals surface area (Å²) in [6.07, 6.45) is 3.98. The molecule has 4 nitrogen and oxygen atoms in total. The standard InChI is InChI=1S/C36H42O4/c1-5-26(28-6-14-33(37)15-7-28)23-32(30-12-20-36(40-4)21-13-30)24-31(29-8-16-34(38)17-9-29)22-25(2)27-10-18-35(39-3)19-11-27/h6-21,25-26,31-32,37-38H,5,22-24H2,1-4H3. The summed E-state index contributed by atoms with van der Waals surface area (Å²) in [6, 6.07) is 32.3. The number of rotatable bonds is 13. The van der Waals surface area contributed by atoms with Gasteiger partial charge in [-0.2, -0.15) is 0 Å². The van der Waals surface area contributed by atoms with Gasteiger partial charge in [-0.3, -0.25) is 0 Å². The second-order valence-corrected chi connectivity index (χ2v) is 10.8. The summed E-state index contributed by atoms with van der Waals surface area (Å²) in [7, 11) is 3.39. The van der Waals surface area contributed by atoms with E-state index in [-0.39, 0.29) is 5.75 Å². The largest absolute Gasteiger partial charge is 0.508 e. The molecule has 0 saturated carbocycles. The number of phenolic OH excluding ortho intramolecular Hbond substituents is 2. The smallest absolute Gasteiger partial charge is 0.118 e. The van der Waals surface area contributed by atoms with Crippen molar-refractivity contribution in [2.24, 2.45) is 0 Å². The van der Waals surface area contributed by atoms with E-state index in [1.54, 1.807) is 38.5 Å². The number of methoxy groups -OCH3 is 2. The molecule has 0 bridgehead atoms. The van der Waals surface area contributed by atoms with E-state index in [1.165, 1.54) is 22.3 Å². The zero-order chi connectivity index (χ0) is 28.5. The van der Waals surface area contributed by atoms with E-state index in [2.05, 4.69) is 74.5 Å². The van der Waals surface area contributed by atoms with Crippen molar-refractivity contribution in [1.29, 1.82) is 0 Å². The number of aromatic hydroxyl groups is 2. The minimum Gasteiger partial charge on any atom is -0.508 e. The summed E-state index contributed by atoms with van der Waals surface area (Å²) in [6.45, 7) is 4.54. The zero-order valence-corrected chi connectivity index (χ0v) is 24.1. The monoisotopic (exact) mass is 538 g/mol. The molecular formula is C36H42O4. The van der Waals surface area contributed by atoms with E-state index < -0.39 is 0 Å². The molecule has 210 valence electrons. The zero-order valence-electron chi connectivity index (χ0n) is 24.1. The van der Waals surface area contributed by atoms with Crippen molar-refractivity contribution in [3.63, 3.8) is 0 Å². The fraction of sp³-hybridized carbons (Fsp3) is 0.333. The van der Waals surface area contributed by atoms with Crippen LogP contribution in [0.1, 0.15) is 85.5 Å². The summed E-state index contributed by atoms with van der Waals surface area (Å²) in [5, 5.41) is 19.9. The van der Waals surface area contributed by atoms with Gasteiger partial charge in [-0.25, -0.2) is 0 Å². The third kappa shape index (κ3) is 7.59. The first-order valence-corrected chi connectivity index (χ1v) is 14.3. The van der Waals surface area contributed by atoms with Gasteiger partial charge in [-0.05, 0) is 120 Å². The van der Waals surface area contributed by atoms with Crippen LogP contribution in [0.4, 0.5) is 0 Å². The highest BCUT2D eigenvalue weighted by Crippen LogP contribution is 2.42. The molecule has 0 aliphatic rings. The van der Waals surface area contributed by atoms with Crippen molar-refractivity contribution >= 4 is 0 Å². The van der Waals surface area contributed by atoms with Gasteiger partial charge in [0.25, 0.3) is 0 Å². The van der Waals surface area contributed by atoms with Crippen molar-refractivity contribution in [3.8, 4) is 23.0 Å². The Morgan fingerprint density at radius 3 is 1.27 bits per heavy atom. The van der Waals surface area contributed by atoms with Crippen LogP contribution >= 0.6 is 0 Å². The highest BCUT2D eigenvalue weighted by atomic mass is 16.5. The maximum atomic E-state index is 10.0. The number of phenols is 2. The lowest BCUT2D eigenvalue weighted by Gasteiger charge is -2.30. The SMILES string of the molecule is CCC(CC(CC(CC(C)c1ccc(OC)cc1)c1ccc(O)cc1)c1ccc(OC)cc1)c1ccc(O)cc1. The van der Waals surface area contributed by atoms with Crippen LogP contribution in [0.5, 0.6) is 23.0 Å². The second kappa shape index (κ2) is 13.9. The normalized spacial score (nSPS) is 14.2. The Hall–Kier alpha value is -3.92. The molecule has 0 saturated heterocycles. The predicted octanol–water partition coefficient (Wildman–Crippen LogP) is 9.15. The molecule has 0 spiro atoms. The van der Waals surface area contributed by atoms with E-state index in [0.717, 1.165) is 37.2 Å². The maximum Gasteiger partial charge on any atom is 0.118 e. The van der Waals surface area contributed by atoms with Crippen LogP contribution in [-0.4, -0.2) is 24.4 Å². The van der Waals surface area contributed by atoms with Crippen molar-refractivity contribution in [1.82, 2.24) is 0 Å². The third-order valence-electron chi connectivity index (χ3n) is 8.27. The summed E-state index contributed by atoms with van der Waals surface area (Å²) in [5.41, 5.74) is 5.10. The molecule has 4 aromatic rings. The van der Waals surface area contributed by atoms with Gasteiger partial charge in [0.15, 0.2) is 0 Å². The van der Waals surface area contributed by atoms with E-state index in [0.29, 0.717) is 29.4 Å². The summed E-state index contributed by atoms with van der Waals surface area (Å²) < 4.78 is 10.8. The first-order chi connectivity index (χ1) is 19.4. The van der Waals surface area contributed by atoms with Gasteiger partial charge < -0.3 is 19.7 Å². The van der Waals surface area contributed by atoms with Crippen LogP contribution in [0.15, 0.2) is 97.1 Å². The predicted molar refractivity (Wildman–Crippen MR) is 163 cm³/mol. The van der Waals surface area contributed by atoms with Gasteiger partial charge >= 0.3 is 0 Å². The molecule has 4 aromatic carbocycles. The Kier molecular flexibility index (Phi) is 10.1. The van der Waals surface area contributed by atoms with Crippen molar-refractivity contribution in [2.45, 2.75) is 63.2 Å². The average molecular weight is 539 g/mol. The molecular weight excluding hydrogens is 496 g/mol. The van der Waals surface area contributed by atoms with Gasteiger partial charge in [0.2, 0.25) is 0 Å². The molecule has 4 rings (SSSR count). The van der Waals surface area contributed by atoms with Gasteiger partial charge in [-0.15, -0.1) is 0 Å². The summed E-state index contributed by atoms with van der Waals surface area (Å²) >= 11 is 0. The van der Waals surface area contributed by atoms with Gasteiger partial charge in [0.05, 0.1) is 14.2 Å². The van der Waals surface area contributed by atoms with Crippen molar-refractivity contribution in [3.05, 3.63) is 119 Å². The highest BCUT2D eigenvalue weighted by Gasteiger charge is 2.25. The molecule has 40 heavy (non-hydrogen) atoms. The van der Waals surface area contributed by atoms with Gasteiger partial charge in [0.1, 0.15) is 23.0 Å². The lowest BCUT2D eigenvalue weighted by molar-refractivity contribution is 0.411. The van der Waals surface area contributed by atoms with E-state index in [1.807, 2.05) is 12.1 Å². The molecule has 4 unspecified atom stereocenters. The van der Waals surface area contributed by atoms with Crippen LogP contribution in [-0.2, 0) is 0 Å². The number of ether oxygens (including phenoxy) is 2. The first-order valence-electron chi connectivity index (χ1n) is 14.3. The molecule has 0 aliphatic carbocycles. The average Bonchev–Trinajstić information content (AvgIpc) is 2.99. The molecule has 0 radical (unpaired) electrons. The number of hydrogen-bond donors (Lipinski definition) is 2. The molecule has 0 aromatic heterocycles. The molecule has 0 amide bonds. The Morgan fingerprint density at radius 2 is 0.850 bits per heavy atom. The second-order valence-electron chi connectivity index (χ2n) is 10.8. The molecule has 4 atom stereocenters. The minimum atomic E-state index is 0.288. The highest BCUT2D eigenvalue weighted by molar-refractivity contribution is 5.35. The molecule has 0 fully saturated rings. The Morgan fingerprint density at radius 1 is 0.500 bits per heavy atom. The lowest BCUT2D eigenvalue weighted by Crippen LogP contribution is -2.13.